The molecule has 0 radical (unpaired) electrons. The summed E-state index contributed by atoms with van der Waals surface area (Å²) in [5.74, 6) is -1.75. The summed E-state index contributed by atoms with van der Waals surface area (Å²) in [5.41, 5.74) is -0.460. The van der Waals surface area contributed by atoms with E-state index in [1.54, 1.807) is 0 Å². The average Bonchev–Trinajstić information content (AvgIpc) is 2.77. The van der Waals surface area contributed by atoms with E-state index in [1.165, 1.54) is 38.3 Å². The Kier molecular flexibility index (Phi) is 5.80. The second-order valence-electron chi connectivity index (χ2n) is 7.61. The second kappa shape index (κ2) is 8.45. The lowest BCUT2D eigenvalue weighted by Gasteiger charge is -2.39. The molecule has 11 heteroatoms. The molecular formula is C22H22O11. The minimum Gasteiger partial charge on any atom is -0.504 e. The molecule has 0 unspecified atom stereocenters. The molecule has 0 bridgehead atoms. The van der Waals surface area contributed by atoms with Crippen LogP contribution in [-0.4, -0.2) is 68.5 Å². The molecular weight excluding hydrogens is 440 g/mol. The zero-order valence-corrected chi connectivity index (χ0v) is 17.5. The number of phenolic OH excluding ortho intramolecular Hbond substituents is 3. The van der Waals surface area contributed by atoms with Crippen molar-refractivity contribution in [3.05, 3.63) is 40.6 Å². The lowest BCUT2D eigenvalue weighted by molar-refractivity contribution is -0.268. The molecule has 3 aromatic rings. The third-order valence-electron chi connectivity index (χ3n) is 5.43. The van der Waals surface area contributed by atoms with E-state index in [4.69, 9.17) is 18.6 Å². The number of benzene rings is 2. The molecule has 6 N–H and O–H groups in total. The first-order valence-corrected chi connectivity index (χ1v) is 9.88. The van der Waals surface area contributed by atoms with Crippen molar-refractivity contribution in [2.75, 3.05) is 7.11 Å². The average molecular weight is 462 g/mol. The van der Waals surface area contributed by atoms with Gasteiger partial charge in [0.1, 0.15) is 35.0 Å². The highest BCUT2D eigenvalue weighted by Gasteiger charge is 2.43. The summed E-state index contributed by atoms with van der Waals surface area (Å²) in [6.07, 6.45) is -6.83. The number of ether oxygens (including phenoxy) is 3. The normalized spacial score (nSPS) is 25.2. The zero-order chi connectivity index (χ0) is 24.0. The van der Waals surface area contributed by atoms with Gasteiger partial charge in [-0.2, -0.15) is 0 Å². The third-order valence-corrected chi connectivity index (χ3v) is 5.43. The maximum Gasteiger partial charge on any atom is 0.229 e. The van der Waals surface area contributed by atoms with Crippen LogP contribution in [0.15, 0.2) is 39.5 Å². The topological polar surface area (TPSA) is 179 Å². The number of fused-ring (bicyclic) bond motifs is 1. The Labute approximate surface area is 186 Å². The van der Waals surface area contributed by atoms with Crippen molar-refractivity contribution in [3.63, 3.8) is 0 Å². The van der Waals surface area contributed by atoms with Crippen molar-refractivity contribution in [1.29, 1.82) is 0 Å². The van der Waals surface area contributed by atoms with Gasteiger partial charge in [-0.25, -0.2) is 0 Å². The number of aliphatic hydroxyl groups excluding tert-OH is 3. The molecule has 1 fully saturated rings. The molecule has 1 aromatic heterocycles. The van der Waals surface area contributed by atoms with Gasteiger partial charge in [-0.15, -0.1) is 0 Å². The second-order valence-corrected chi connectivity index (χ2v) is 7.61. The van der Waals surface area contributed by atoms with E-state index >= 15 is 0 Å². The molecule has 0 spiro atoms. The van der Waals surface area contributed by atoms with Crippen molar-refractivity contribution < 1.29 is 49.3 Å². The van der Waals surface area contributed by atoms with Crippen LogP contribution in [0, 0.1) is 0 Å². The van der Waals surface area contributed by atoms with E-state index in [9.17, 15) is 35.4 Å². The minimum atomic E-state index is -1.63. The summed E-state index contributed by atoms with van der Waals surface area (Å²) in [6.45, 7) is 1.48. The number of phenols is 3. The highest BCUT2D eigenvalue weighted by atomic mass is 16.7. The fourth-order valence-corrected chi connectivity index (χ4v) is 3.60. The summed E-state index contributed by atoms with van der Waals surface area (Å²) in [6, 6.07) is 6.16. The van der Waals surface area contributed by atoms with E-state index in [1.807, 2.05) is 0 Å². The number of rotatable bonds is 4. The predicted molar refractivity (Wildman–Crippen MR) is 112 cm³/mol. The molecule has 0 aliphatic carbocycles. The van der Waals surface area contributed by atoms with Gasteiger partial charge in [-0.3, -0.25) is 4.79 Å². The molecule has 11 nitrogen and oxygen atoms in total. The van der Waals surface area contributed by atoms with Gasteiger partial charge in [0, 0.05) is 17.7 Å². The van der Waals surface area contributed by atoms with Gasteiger partial charge in [-0.05, 0) is 25.1 Å². The Bertz CT molecular complexity index is 1250. The van der Waals surface area contributed by atoms with Gasteiger partial charge in [0.15, 0.2) is 28.4 Å². The molecule has 176 valence electrons. The Morgan fingerprint density at radius 1 is 0.939 bits per heavy atom. The van der Waals surface area contributed by atoms with E-state index in [0.717, 1.165) is 6.07 Å². The summed E-state index contributed by atoms with van der Waals surface area (Å²) in [7, 11) is 1.22. The third kappa shape index (κ3) is 3.91. The molecule has 1 aliphatic heterocycles. The van der Waals surface area contributed by atoms with E-state index in [0.29, 0.717) is 0 Å². The number of aliphatic hydroxyl groups is 3. The SMILES string of the molecule is COc1c(O[C@@H]2O[C@@H](C)[C@H](O)[C@@H](O)[C@H]2O)cc2oc(-c3ccc(O)c(O)c3)cc(=O)c2c1O. The van der Waals surface area contributed by atoms with E-state index in [2.05, 4.69) is 0 Å². The van der Waals surface area contributed by atoms with Crippen molar-refractivity contribution in [3.8, 4) is 40.1 Å². The quantitative estimate of drug-likeness (QED) is 0.302. The van der Waals surface area contributed by atoms with Gasteiger partial charge in [0.05, 0.1) is 13.2 Å². The van der Waals surface area contributed by atoms with Crippen LogP contribution in [-0.2, 0) is 4.74 Å². The Balaban J connectivity index is 1.81. The molecule has 1 aliphatic rings. The van der Waals surface area contributed by atoms with Crippen LogP contribution in [0.25, 0.3) is 22.3 Å². The number of hydrogen-bond acceptors (Lipinski definition) is 11. The first-order valence-electron chi connectivity index (χ1n) is 9.88. The van der Waals surface area contributed by atoms with Crippen LogP contribution in [0.3, 0.4) is 0 Å². The zero-order valence-electron chi connectivity index (χ0n) is 17.5. The highest BCUT2D eigenvalue weighted by molar-refractivity contribution is 5.89. The largest absolute Gasteiger partial charge is 0.504 e. The van der Waals surface area contributed by atoms with Gasteiger partial charge < -0.3 is 49.3 Å². The summed E-state index contributed by atoms with van der Waals surface area (Å²) in [4.78, 5) is 12.7. The van der Waals surface area contributed by atoms with E-state index in [-0.39, 0.29) is 39.5 Å². The van der Waals surface area contributed by atoms with Crippen molar-refractivity contribution in [2.24, 2.45) is 0 Å². The Morgan fingerprint density at radius 3 is 2.33 bits per heavy atom. The molecule has 1 saturated heterocycles. The lowest BCUT2D eigenvalue weighted by atomic mass is 10.00. The predicted octanol–water partition coefficient (Wildman–Crippen LogP) is 0.792. The molecule has 33 heavy (non-hydrogen) atoms. The first-order chi connectivity index (χ1) is 15.6. The molecule has 2 aromatic carbocycles. The standard InChI is InChI=1S/C22H22O11/c1-8-17(26)19(28)20(29)22(31-8)33-15-7-14-16(18(27)21(15)30-2)12(25)6-13(32-14)9-3-4-10(23)11(24)5-9/h3-8,17,19-20,22-24,26-29H,1-2H3/t8-,17-,19+,20+,22-/m0/s1. The van der Waals surface area contributed by atoms with Crippen molar-refractivity contribution in [1.82, 2.24) is 0 Å². The molecule has 5 atom stereocenters. The fraction of sp³-hybridized carbons (Fsp3) is 0.318. The van der Waals surface area contributed by atoms with Crippen LogP contribution in [0.2, 0.25) is 0 Å². The molecule has 2 heterocycles. The van der Waals surface area contributed by atoms with Crippen LogP contribution < -0.4 is 14.9 Å². The van der Waals surface area contributed by atoms with Gasteiger partial charge >= 0.3 is 0 Å². The summed E-state index contributed by atoms with van der Waals surface area (Å²) >= 11 is 0. The van der Waals surface area contributed by atoms with Crippen molar-refractivity contribution in [2.45, 2.75) is 37.6 Å². The summed E-state index contributed by atoms with van der Waals surface area (Å²) in [5, 5.41) is 59.8. The monoisotopic (exact) mass is 462 g/mol. The molecule has 0 amide bonds. The van der Waals surface area contributed by atoms with Crippen LogP contribution in [0.5, 0.6) is 28.7 Å². The first kappa shape index (κ1) is 22.7. The smallest absolute Gasteiger partial charge is 0.229 e. The van der Waals surface area contributed by atoms with E-state index < -0.39 is 47.6 Å². The van der Waals surface area contributed by atoms with Gasteiger partial charge in [0.2, 0.25) is 12.0 Å². The van der Waals surface area contributed by atoms with Crippen LogP contribution in [0.1, 0.15) is 6.92 Å². The van der Waals surface area contributed by atoms with Crippen LogP contribution in [0.4, 0.5) is 0 Å². The highest BCUT2D eigenvalue weighted by Crippen LogP contribution is 2.43. The maximum absolute atomic E-state index is 12.7. The van der Waals surface area contributed by atoms with Crippen molar-refractivity contribution >= 4 is 11.0 Å². The lowest BCUT2D eigenvalue weighted by Crippen LogP contribution is -2.58. The van der Waals surface area contributed by atoms with Gasteiger partial charge in [-0.1, -0.05) is 0 Å². The Morgan fingerprint density at radius 2 is 1.67 bits per heavy atom. The number of aromatic hydroxyl groups is 3. The molecule has 4 rings (SSSR count). The Hall–Kier alpha value is -3.51. The van der Waals surface area contributed by atoms with Crippen LogP contribution >= 0.6 is 0 Å². The summed E-state index contributed by atoms with van der Waals surface area (Å²) < 4.78 is 21.9. The minimum absolute atomic E-state index is 0.0273. The maximum atomic E-state index is 12.7. The number of hydrogen-bond donors (Lipinski definition) is 6. The number of methoxy groups -OCH3 is 1. The van der Waals surface area contributed by atoms with Gasteiger partial charge in [0.25, 0.3) is 0 Å². The molecule has 0 saturated carbocycles. The fourth-order valence-electron chi connectivity index (χ4n) is 3.60.